The number of hydrogen-bond acceptors (Lipinski definition) is 3. The Morgan fingerprint density at radius 1 is 1.47 bits per heavy atom. The molecule has 0 radical (unpaired) electrons. The number of amides is 1. The Balaban J connectivity index is 2.39. The molecule has 0 bridgehead atoms. The van der Waals surface area contributed by atoms with Gasteiger partial charge in [-0.2, -0.15) is 0 Å². The summed E-state index contributed by atoms with van der Waals surface area (Å²) in [5, 5.41) is 0. The Labute approximate surface area is 102 Å². The molecule has 1 aromatic rings. The Morgan fingerprint density at radius 2 is 2.18 bits per heavy atom. The molecule has 1 aromatic heterocycles. The number of rotatable bonds is 1. The van der Waals surface area contributed by atoms with Crippen molar-refractivity contribution >= 4 is 5.91 Å². The third-order valence-corrected chi connectivity index (χ3v) is 3.20. The molecule has 1 saturated heterocycles. The lowest BCUT2D eigenvalue weighted by molar-refractivity contribution is -0.144. The predicted molar refractivity (Wildman–Crippen MR) is 65.3 cm³/mol. The summed E-state index contributed by atoms with van der Waals surface area (Å²) in [6, 6.07) is 3.52. The highest BCUT2D eigenvalue weighted by Gasteiger charge is 2.41. The molecule has 4 heteroatoms. The molecule has 1 aliphatic heterocycles. The molecule has 94 valence electrons. The van der Waals surface area contributed by atoms with Gasteiger partial charge in [-0.1, -0.05) is 0 Å². The Hall–Kier alpha value is -1.29. The summed E-state index contributed by atoms with van der Waals surface area (Å²) in [5.74, 6) is 0.932. The van der Waals surface area contributed by atoms with Crippen molar-refractivity contribution in [3.05, 3.63) is 24.2 Å². The first-order valence-electron chi connectivity index (χ1n) is 6.02. The highest BCUT2D eigenvalue weighted by Crippen LogP contribution is 2.36. The third kappa shape index (κ3) is 2.22. The lowest BCUT2D eigenvalue weighted by Crippen LogP contribution is -2.56. The minimum absolute atomic E-state index is 0.0573. The predicted octanol–water partition coefficient (Wildman–Crippen LogP) is 2.07. The fourth-order valence-electron chi connectivity index (χ4n) is 2.50. The molecule has 2 heterocycles. The van der Waals surface area contributed by atoms with Crippen molar-refractivity contribution in [1.29, 1.82) is 0 Å². The largest absolute Gasteiger partial charge is 0.467 e. The summed E-state index contributed by atoms with van der Waals surface area (Å²) in [7, 11) is 0. The van der Waals surface area contributed by atoms with Crippen LogP contribution in [-0.2, 0) is 4.79 Å². The van der Waals surface area contributed by atoms with Gasteiger partial charge in [-0.3, -0.25) is 4.79 Å². The monoisotopic (exact) mass is 236 g/mol. The summed E-state index contributed by atoms with van der Waals surface area (Å²) in [4.78, 5) is 14.0. The van der Waals surface area contributed by atoms with E-state index >= 15 is 0 Å². The van der Waals surface area contributed by atoms with Crippen LogP contribution in [0.25, 0.3) is 0 Å². The van der Waals surface area contributed by atoms with Crippen molar-refractivity contribution in [3.8, 4) is 0 Å². The summed E-state index contributed by atoms with van der Waals surface area (Å²) in [6.45, 7) is 6.08. The smallest absolute Gasteiger partial charge is 0.223 e. The van der Waals surface area contributed by atoms with E-state index in [9.17, 15) is 4.79 Å². The van der Waals surface area contributed by atoms with Crippen molar-refractivity contribution in [3.63, 3.8) is 0 Å². The van der Waals surface area contributed by atoms with Gasteiger partial charge in [0.15, 0.2) is 0 Å². The molecule has 2 N–H and O–H groups in total. The molecule has 0 aliphatic carbocycles. The molecule has 0 aromatic carbocycles. The van der Waals surface area contributed by atoms with E-state index in [0.29, 0.717) is 6.42 Å². The van der Waals surface area contributed by atoms with E-state index in [1.54, 1.807) is 6.26 Å². The molecular weight excluding hydrogens is 216 g/mol. The molecule has 2 rings (SSSR count). The van der Waals surface area contributed by atoms with Gasteiger partial charge in [-0.15, -0.1) is 0 Å². The molecule has 1 aliphatic rings. The Morgan fingerprint density at radius 3 is 2.71 bits per heavy atom. The molecule has 4 nitrogen and oxygen atoms in total. The molecule has 1 amide bonds. The number of carbonyl (C=O) groups is 1. The molecule has 1 fully saturated rings. The van der Waals surface area contributed by atoms with Crippen LogP contribution in [0.3, 0.4) is 0 Å². The summed E-state index contributed by atoms with van der Waals surface area (Å²) in [6.07, 6.45) is 2.87. The SMILES string of the molecule is CC(C)(C)N1C(=O)CCC(N)C1c1ccco1. The van der Waals surface area contributed by atoms with Gasteiger partial charge in [-0.25, -0.2) is 0 Å². The fourth-order valence-corrected chi connectivity index (χ4v) is 2.50. The lowest BCUT2D eigenvalue weighted by atomic mass is 9.89. The number of nitrogens with two attached hydrogens (primary N) is 1. The second-order valence-electron chi connectivity index (χ2n) is 5.60. The van der Waals surface area contributed by atoms with Crippen LogP contribution in [-0.4, -0.2) is 22.4 Å². The van der Waals surface area contributed by atoms with Gasteiger partial charge in [0.2, 0.25) is 5.91 Å². The van der Waals surface area contributed by atoms with E-state index in [0.717, 1.165) is 12.2 Å². The van der Waals surface area contributed by atoms with Crippen LogP contribution in [0.15, 0.2) is 22.8 Å². The van der Waals surface area contributed by atoms with Crippen molar-refractivity contribution in [2.75, 3.05) is 0 Å². The van der Waals surface area contributed by atoms with Gasteiger partial charge < -0.3 is 15.1 Å². The summed E-state index contributed by atoms with van der Waals surface area (Å²) in [5.41, 5.74) is 5.92. The standard InChI is InChI=1S/C13H20N2O2/c1-13(2,3)15-11(16)7-6-9(14)12(15)10-5-4-8-17-10/h4-5,8-9,12H,6-7,14H2,1-3H3. The first kappa shape index (κ1) is 12.2. The number of hydrogen-bond donors (Lipinski definition) is 1. The quantitative estimate of drug-likeness (QED) is 0.812. The molecule has 2 atom stereocenters. The highest BCUT2D eigenvalue weighted by molar-refractivity contribution is 5.78. The Bertz CT molecular complexity index is 392. The van der Waals surface area contributed by atoms with Crippen LogP contribution < -0.4 is 5.73 Å². The topological polar surface area (TPSA) is 59.5 Å². The third-order valence-electron chi connectivity index (χ3n) is 3.20. The van der Waals surface area contributed by atoms with Gasteiger partial charge >= 0.3 is 0 Å². The zero-order chi connectivity index (χ0) is 12.6. The van der Waals surface area contributed by atoms with Gasteiger partial charge in [0.25, 0.3) is 0 Å². The lowest BCUT2D eigenvalue weighted by Gasteiger charge is -2.46. The number of piperidine rings is 1. The fraction of sp³-hybridized carbons (Fsp3) is 0.615. The zero-order valence-corrected chi connectivity index (χ0v) is 10.6. The van der Waals surface area contributed by atoms with E-state index in [1.807, 2.05) is 37.8 Å². The van der Waals surface area contributed by atoms with Crippen LogP contribution in [0.1, 0.15) is 45.4 Å². The van der Waals surface area contributed by atoms with Crippen LogP contribution in [0, 0.1) is 0 Å². The minimum atomic E-state index is -0.243. The van der Waals surface area contributed by atoms with Crippen LogP contribution >= 0.6 is 0 Å². The van der Waals surface area contributed by atoms with E-state index in [2.05, 4.69) is 0 Å². The maximum atomic E-state index is 12.1. The second kappa shape index (κ2) is 4.18. The van der Waals surface area contributed by atoms with Crippen molar-refractivity contribution in [2.45, 2.75) is 51.2 Å². The van der Waals surface area contributed by atoms with E-state index in [4.69, 9.17) is 10.2 Å². The van der Waals surface area contributed by atoms with Crippen LogP contribution in [0.4, 0.5) is 0 Å². The Kier molecular flexibility index (Phi) is 3.00. The maximum absolute atomic E-state index is 12.1. The summed E-state index contributed by atoms with van der Waals surface area (Å²) < 4.78 is 5.44. The normalized spacial score (nSPS) is 26.4. The zero-order valence-electron chi connectivity index (χ0n) is 10.6. The van der Waals surface area contributed by atoms with E-state index in [1.165, 1.54) is 0 Å². The highest BCUT2D eigenvalue weighted by atomic mass is 16.3. The van der Waals surface area contributed by atoms with Gasteiger partial charge in [-0.05, 0) is 39.3 Å². The van der Waals surface area contributed by atoms with Crippen molar-refractivity contribution in [1.82, 2.24) is 4.90 Å². The van der Waals surface area contributed by atoms with Gasteiger partial charge in [0.05, 0.1) is 6.26 Å². The minimum Gasteiger partial charge on any atom is -0.467 e. The van der Waals surface area contributed by atoms with E-state index in [-0.39, 0.29) is 23.5 Å². The molecule has 0 saturated carbocycles. The molecule has 2 unspecified atom stereocenters. The molecule has 17 heavy (non-hydrogen) atoms. The van der Waals surface area contributed by atoms with Crippen molar-refractivity contribution in [2.24, 2.45) is 5.73 Å². The maximum Gasteiger partial charge on any atom is 0.223 e. The first-order chi connectivity index (χ1) is 7.91. The number of nitrogens with zero attached hydrogens (tertiary/aromatic N) is 1. The average Bonchev–Trinajstić information content (AvgIpc) is 2.72. The van der Waals surface area contributed by atoms with Gasteiger partial charge in [0, 0.05) is 18.0 Å². The summed E-state index contributed by atoms with van der Waals surface area (Å²) >= 11 is 0. The first-order valence-corrected chi connectivity index (χ1v) is 6.02. The second-order valence-corrected chi connectivity index (χ2v) is 5.60. The van der Waals surface area contributed by atoms with Crippen LogP contribution in [0.5, 0.6) is 0 Å². The molecule has 0 spiro atoms. The van der Waals surface area contributed by atoms with Gasteiger partial charge in [0.1, 0.15) is 11.8 Å². The van der Waals surface area contributed by atoms with Crippen LogP contribution in [0.2, 0.25) is 0 Å². The van der Waals surface area contributed by atoms with Crippen molar-refractivity contribution < 1.29 is 9.21 Å². The number of furan rings is 1. The average molecular weight is 236 g/mol. The molecular formula is C13H20N2O2. The number of carbonyl (C=O) groups excluding carboxylic acids is 1. The van der Waals surface area contributed by atoms with E-state index < -0.39 is 0 Å². The number of likely N-dealkylation sites (tertiary alicyclic amines) is 1.